The average molecular weight is 300 g/mol. The number of nitrogens with one attached hydrogen (secondary N) is 1. The SMILES string of the molecule is CC(C)C1CNC(C)(C)CN1c1cccc(C(F)(F)F)c1. The van der Waals surface area contributed by atoms with Crippen LogP contribution in [0, 0.1) is 5.92 Å². The van der Waals surface area contributed by atoms with Crippen LogP contribution in [-0.2, 0) is 6.18 Å². The Kier molecular flexibility index (Phi) is 4.24. The largest absolute Gasteiger partial charge is 0.416 e. The van der Waals surface area contributed by atoms with Crippen LogP contribution in [0.5, 0.6) is 0 Å². The van der Waals surface area contributed by atoms with Crippen molar-refractivity contribution in [1.29, 1.82) is 0 Å². The third-order valence-corrected chi connectivity index (χ3v) is 4.03. The van der Waals surface area contributed by atoms with Crippen LogP contribution < -0.4 is 10.2 Å². The van der Waals surface area contributed by atoms with Crippen molar-refractivity contribution < 1.29 is 13.2 Å². The van der Waals surface area contributed by atoms with E-state index in [4.69, 9.17) is 0 Å². The van der Waals surface area contributed by atoms with E-state index in [2.05, 4.69) is 37.9 Å². The van der Waals surface area contributed by atoms with Gasteiger partial charge in [-0.1, -0.05) is 19.9 Å². The minimum Gasteiger partial charge on any atom is -0.365 e. The number of halogens is 3. The summed E-state index contributed by atoms with van der Waals surface area (Å²) in [6, 6.07) is 5.84. The lowest BCUT2D eigenvalue weighted by atomic mass is 9.92. The molecule has 2 nitrogen and oxygen atoms in total. The Morgan fingerprint density at radius 1 is 1.29 bits per heavy atom. The highest BCUT2D eigenvalue weighted by Crippen LogP contribution is 2.34. The molecular formula is C16H23F3N2. The second kappa shape index (κ2) is 5.52. The predicted octanol–water partition coefficient (Wildman–Crippen LogP) is 3.92. The number of hydrogen-bond acceptors (Lipinski definition) is 2. The topological polar surface area (TPSA) is 15.3 Å². The molecule has 1 aliphatic heterocycles. The highest BCUT2D eigenvalue weighted by Gasteiger charge is 2.36. The number of rotatable bonds is 2. The van der Waals surface area contributed by atoms with Crippen molar-refractivity contribution in [3.05, 3.63) is 29.8 Å². The molecule has 118 valence electrons. The third-order valence-electron chi connectivity index (χ3n) is 4.03. The van der Waals surface area contributed by atoms with Gasteiger partial charge in [-0.2, -0.15) is 13.2 Å². The van der Waals surface area contributed by atoms with Gasteiger partial charge in [0.05, 0.1) is 5.56 Å². The highest BCUT2D eigenvalue weighted by molar-refractivity contribution is 5.51. The molecule has 1 fully saturated rings. The molecule has 2 rings (SSSR count). The van der Waals surface area contributed by atoms with Gasteiger partial charge >= 0.3 is 6.18 Å². The van der Waals surface area contributed by atoms with E-state index in [0.29, 0.717) is 18.2 Å². The van der Waals surface area contributed by atoms with Gasteiger partial charge in [-0.15, -0.1) is 0 Å². The van der Waals surface area contributed by atoms with Crippen molar-refractivity contribution in [3.8, 4) is 0 Å². The predicted molar refractivity (Wildman–Crippen MR) is 79.5 cm³/mol. The Morgan fingerprint density at radius 2 is 1.95 bits per heavy atom. The first-order valence-corrected chi connectivity index (χ1v) is 7.29. The zero-order valence-corrected chi connectivity index (χ0v) is 13.0. The Morgan fingerprint density at radius 3 is 2.52 bits per heavy atom. The first-order chi connectivity index (χ1) is 9.60. The minimum atomic E-state index is -4.30. The van der Waals surface area contributed by atoms with Crippen molar-refractivity contribution in [1.82, 2.24) is 5.32 Å². The minimum absolute atomic E-state index is 0.111. The normalized spacial score (nSPS) is 22.7. The Hall–Kier alpha value is -1.23. The maximum atomic E-state index is 12.9. The van der Waals surface area contributed by atoms with E-state index in [1.807, 2.05) is 0 Å². The molecule has 1 aromatic rings. The van der Waals surface area contributed by atoms with Crippen molar-refractivity contribution in [2.45, 2.75) is 45.5 Å². The molecule has 1 heterocycles. The van der Waals surface area contributed by atoms with E-state index in [9.17, 15) is 13.2 Å². The molecule has 1 N–H and O–H groups in total. The Balaban J connectivity index is 2.36. The number of hydrogen-bond donors (Lipinski definition) is 1. The monoisotopic (exact) mass is 300 g/mol. The number of benzene rings is 1. The molecular weight excluding hydrogens is 277 g/mol. The van der Waals surface area contributed by atoms with Gasteiger partial charge in [0.1, 0.15) is 0 Å². The van der Waals surface area contributed by atoms with E-state index >= 15 is 0 Å². The lowest BCUT2D eigenvalue weighted by Gasteiger charge is -2.47. The Bertz CT molecular complexity index is 495. The van der Waals surface area contributed by atoms with E-state index in [1.165, 1.54) is 12.1 Å². The summed E-state index contributed by atoms with van der Waals surface area (Å²) in [6.45, 7) is 9.82. The molecule has 0 amide bonds. The standard InChI is InChI=1S/C16H23F3N2/c1-11(2)14-9-20-15(3,4)10-21(14)13-7-5-6-12(8-13)16(17,18)19/h5-8,11,14,20H,9-10H2,1-4H3. The molecule has 1 aromatic carbocycles. The van der Waals surface area contributed by atoms with Gasteiger partial charge in [-0.25, -0.2) is 0 Å². The summed E-state index contributed by atoms with van der Waals surface area (Å²) in [7, 11) is 0. The van der Waals surface area contributed by atoms with Gasteiger partial charge in [0.2, 0.25) is 0 Å². The van der Waals surface area contributed by atoms with Crippen molar-refractivity contribution in [2.24, 2.45) is 5.92 Å². The summed E-state index contributed by atoms with van der Waals surface area (Å²) in [6.07, 6.45) is -4.30. The van der Waals surface area contributed by atoms with Crippen LogP contribution in [0.1, 0.15) is 33.3 Å². The zero-order valence-electron chi connectivity index (χ0n) is 13.0. The zero-order chi connectivity index (χ0) is 15.8. The molecule has 0 radical (unpaired) electrons. The van der Waals surface area contributed by atoms with Crippen molar-refractivity contribution in [2.75, 3.05) is 18.0 Å². The summed E-state index contributed by atoms with van der Waals surface area (Å²) in [5.74, 6) is 0.364. The van der Waals surface area contributed by atoms with Crippen LogP contribution in [0.3, 0.4) is 0 Å². The second-order valence-electron chi connectivity index (χ2n) is 6.75. The molecule has 1 saturated heterocycles. The first kappa shape index (κ1) is 16.1. The number of nitrogens with zero attached hydrogens (tertiary/aromatic N) is 1. The number of piperazine rings is 1. The second-order valence-corrected chi connectivity index (χ2v) is 6.75. The summed E-state index contributed by atoms with van der Waals surface area (Å²) >= 11 is 0. The molecule has 1 unspecified atom stereocenters. The van der Waals surface area contributed by atoms with Crippen LogP contribution in [0.15, 0.2) is 24.3 Å². The maximum Gasteiger partial charge on any atom is 0.416 e. The van der Waals surface area contributed by atoms with Crippen molar-refractivity contribution in [3.63, 3.8) is 0 Å². The van der Waals surface area contributed by atoms with Crippen LogP contribution >= 0.6 is 0 Å². The van der Waals surface area contributed by atoms with E-state index < -0.39 is 11.7 Å². The fourth-order valence-corrected chi connectivity index (χ4v) is 2.83. The lowest BCUT2D eigenvalue weighted by molar-refractivity contribution is -0.137. The smallest absolute Gasteiger partial charge is 0.365 e. The first-order valence-electron chi connectivity index (χ1n) is 7.29. The van der Waals surface area contributed by atoms with Crippen LogP contribution in [0.2, 0.25) is 0 Å². The Labute approximate surface area is 124 Å². The number of alkyl halides is 3. The van der Waals surface area contributed by atoms with Gasteiger partial charge in [0, 0.05) is 30.4 Å². The van der Waals surface area contributed by atoms with E-state index in [1.54, 1.807) is 6.07 Å². The molecule has 0 saturated carbocycles. The lowest BCUT2D eigenvalue weighted by Crippen LogP contribution is -2.63. The van der Waals surface area contributed by atoms with Crippen molar-refractivity contribution >= 4 is 5.69 Å². The molecule has 1 aliphatic rings. The quantitative estimate of drug-likeness (QED) is 0.890. The molecule has 0 aliphatic carbocycles. The summed E-state index contributed by atoms with van der Waals surface area (Å²) < 4.78 is 38.7. The maximum absolute atomic E-state index is 12.9. The fourth-order valence-electron chi connectivity index (χ4n) is 2.83. The molecule has 1 atom stereocenters. The summed E-state index contributed by atoms with van der Waals surface area (Å²) in [5, 5.41) is 3.47. The average Bonchev–Trinajstić information content (AvgIpc) is 2.36. The van der Waals surface area contributed by atoms with Gasteiger partial charge in [0.25, 0.3) is 0 Å². The van der Waals surface area contributed by atoms with Crippen LogP contribution in [0.4, 0.5) is 18.9 Å². The molecule has 0 spiro atoms. The van der Waals surface area contributed by atoms with Gasteiger partial charge in [0.15, 0.2) is 0 Å². The van der Waals surface area contributed by atoms with Crippen LogP contribution in [-0.4, -0.2) is 24.7 Å². The molecule has 0 bridgehead atoms. The molecule has 5 heteroatoms. The molecule has 21 heavy (non-hydrogen) atoms. The van der Waals surface area contributed by atoms with Gasteiger partial charge in [-0.05, 0) is 38.0 Å². The fraction of sp³-hybridized carbons (Fsp3) is 0.625. The van der Waals surface area contributed by atoms with Gasteiger partial charge < -0.3 is 10.2 Å². The third kappa shape index (κ3) is 3.70. The molecule has 0 aromatic heterocycles. The highest BCUT2D eigenvalue weighted by atomic mass is 19.4. The van der Waals surface area contributed by atoms with Crippen LogP contribution in [0.25, 0.3) is 0 Å². The van der Waals surface area contributed by atoms with E-state index in [-0.39, 0.29) is 11.6 Å². The van der Waals surface area contributed by atoms with Gasteiger partial charge in [-0.3, -0.25) is 0 Å². The van der Waals surface area contributed by atoms with E-state index in [0.717, 1.165) is 12.6 Å². The number of anilines is 1. The summed E-state index contributed by atoms with van der Waals surface area (Å²) in [5.41, 5.74) is -0.0449. The summed E-state index contributed by atoms with van der Waals surface area (Å²) in [4.78, 5) is 2.11.